The number of hydrogen-bond donors (Lipinski definition) is 7. The Morgan fingerprint density at radius 3 is 2.26 bits per heavy atom. The molecule has 1 heterocycles. The van der Waals surface area contributed by atoms with E-state index in [4.69, 9.17) is 5.73 Å². The van der Waals surface area contributed by atoms with Gasteiger partial charge in [-0.05, 0) is 31.4 Å². The summed E-state index contributed by atoms with van der Waals surface area (Å²) in [4.78, 5) is 53.1. The van der Waals surface area contributed by atoms with E-state index >= 15 is 0 Å². The van der Waals surface area contributed by atoms with Crippen LogP contribution in [0.5, 0.6) is 0 Å². The van der Waals surface area contributed by atoms with Crippen LogP contribution in [0.15, 0.2) is 30.5 Å². The van der Waals surface area contributed by atoms with Crippen molar-refractivity contribution < 1.29 is 29.4 Å². The summed E-state index contributed by atoms with van der Waals surface area (Å²) in [7, 11) is 0. The molecule has 11 nitrogen and oxygen atoms in total. The van der Waals surface area contributed by atoms with Crippen LogP contribution in [0.25, 0.3) is 10.9 Å². The van der Waals surface area contributed by atoms with Crippen molar-refractivity contribution in [1.82, 2.24) is 20.9 Å². The van der Waals surface area contributed by atoms with Gasteiger partial charge in [-0.15, -0.1) is 0 Å². The highest BCUT2D eigenvalue weighted by atomic mass is 16.4. The van der Waals surface area contributed by atoms with Gasteiger partial charge in [0, 0.05) is 23.5 Å². The van der Waals surface area contributed by atoms with Gasteiger partial charge < -0.3 is 36.9 Å². The largest absolute Gasteiger partial charge is 0.480 e. The summed E-state index contributed by atoms with van der Waals surface area (Å²) < 4.78 is 0. The first-order valence-electron chi connectivity index (χ1n) is 11.6. The number of rotatable bonds is 12. The minimum Gasteiger partial charge on any atom is -0.480 e. The molecule has 0 aliphatic heterocycles. The van der Waals surface area contributed by atoms with Gasteiger partial charge in [-0.1, -0.05) is 38.5 Å². The summed E-state index contributed by atoms with van der Waals surface area (Å²) in [6.45, 7) is 6.30. The fourth-order valence-corrected chi connectivity index (χ4v) is 3.54. The van der Waals surface area contributed by atoms with Crippen LogP contribution in [0.2, 0.25) is 0 Å². The van der Waals surface area contributed by atoms with Crippen LogP contribution in [0.4, 0.5) is 0 Å². The van der Waals surface area contributed by atoms with Crippen LogP contribution >= 0.6 is 0 Å². The second-order valence-electron chi connectivity index (χ2n) is 8.83. The number of aliphatic hydroxyl groups is 1. The first-order chi connectivity index (χ1) is 16.5. The number of carbonyl (C=O) groups is 4. The van der Waals surface area contributed by atoms with Gasteiger partial charge in [-0.3, -0.25) is 19.2 Å². The van der Waals surface area contributed by atoms with Gasteiger partial charge in [0.2, 0.25) is 17.7 Å². The smallest absolute Gasteiger partial charge is 0.325 e. The molecule has 6 unspecified atom stereocenters. The molecule has 2 rings (SSSR count). The second kappa shape index (κ2) is 12.3. The number of para-hydroxylation sites is 1. The zero-order valence-corrected chi connectivity index (χ0v) is 20.4. The number of aliphatic hydroxyl groups excluding tert-OH is 1. The van der Waals surface area contributed by atoms with E-state index in [9.17, 15) is 29.4 Å². The molecule has 0 aliphatic carbocycles. The number of H-pyrrole nitrogens is 1. The number of carboxylic acids is 1. The number of carboxylic acid groups (broad SMARTS) is 1. The van der Waals surface area contributed by atoms with Crippen LogP contribution < -0.4 is 21.7 Å². The van der Waals surface area contributed by atoms with E-state index < -0.39 is 54.0 Å². The van der Waals surface area contributed by atoms with Gasteiger partial charge in [-0.25, -0.2) is 0 Å². The molecule has 3 amide bonds. The molecule has 0 spiro atoms. The fraction of sp³-hybridized carbons (Fsp3) is 0.500. The predicted molar refractivity (Wildman–Crippen MR) is 130 cm³/mol. The summed E-state index contributed by atoms with van der Waals surface area (Å²) >= 11 is 0. The third kappa shape index (κ3) is 7.27. The minimum absolute atomic E-state index is 0.0856. The van der Waals surface area contributed by atoms with E-state index in [0.29, 0.717) is 6.42 Å². The Labute approximate surface area is 203 Å². The van der Waals surface area contributed by atoms with Crippen molar-refractivity contribution in [2.24, 2.45) is 11.7 Å². The maximum absolute atomic E-state index is 13.3. The van der Waals surface area contributed by atoms with Gasteiger partial charge in [-0.2, -0.15) is 0 Å². The average molecular weight is 490 g/mol. The Morgan fingerprint density at radius 1 is 1.00 bits per heavy atom. The van der Waals surface area contributed by atoms with Crippen molar-refractivity contribution in [3.8, 4) is 0 Å². The fourth-order valence-electron chi connectivity index (χ4n) is 3.54. The Kier molecular flexibility index (Phi) is 9.78. The predicted octanol–water partition coefficient (Wildman–Crippen LogP) is 0.0235. The summed E-state index contributed by atoms with van der Waals surface area (Å²) in [6.07, 6.45) is 1.24. The molecule has 0 bridgehead atoms. The van der Waals surface area contributed by atoms with Crippen LogP contribution in [-0.4, -0.2) is 69.2 Å². The minimum atomic E-state index is -1.23. The molecule has 0 aliphatic rings. The van der Waals surface area contributed by atoms with Crippen LogP contribution in [0, 0.1) is 5.92 Å². The van der Waals surface area contributed by atoms with E-state index in [1.54, 1.807) is 13.1 Å². The molecule has 11 heteroatoms. The Morgan fingerprint density at radius 2 is 1.66 bits per heavy atom. The number of aromatic nitrogens is 1. The zero-order chi connectivity index (χ0) is 26.3. The third-order valence-corrected chi connectivity index (χ3v) is 6.08. The van der Waals surface area contributed by atoms with E-state index in [-0.39, 0.29) is 12.3 Å². The molecule has 192 valence electrons. The first-order valence-corrected chi connectivity index (χ1v) is 11.6. The summed E-state index contributed by atoms with van der Waals surface area (Å²) in [5.74, 6) is -3.51. The molecule has 6 atom stereocenters. The number of nitrogens with one attached hydrogen (secondary N) is 4. The molecule has 0 saturated carbocycles. The molecule has 0 fully saturated rings. The lowest BCUT2D eigenvalue weighted by Gasteiger charge is -2.28. The monoisotopic (exact) mass is 489 g/mol. The van der Waals surface area contributed by atoms with E-state index in [2.05, 4.69) is 20.9 Å². The molecule has 35 heavy (non-hydrogen) atoms. The van der Waals surface area contributed by atoms with Gasteiger partial charge in [0.05, 0.1) is 6.10 Å². The molecular weight excluding hydrogens is 454 g/mol. The summed E-state index contributed by atoms with van der Waals surface area (Å²) in [6, 6.07) is 2.93. The zero-order valence-electron chi connectivity index (χ0n) is 20.4. The molecular formula is C24H35N5O6. The van der Waals surface area contributed by atoms with Gasteiger partial charge in [0.1, 0.15) is 24.2 Å². The lowest BCUT2D eigenvalue weighted by molar-refractivity contribution is -0.141. The number of hydrogen-bond acceptors (Lipinski definition) is 6. The van der Waals surface area contributed by atoms with E-state index in [0.717, 1.165) is 16.5 Å². The SMILES string of the molecule is CCC(C)C(NC(=O)C(N)C(C)O)C(=O)NC(Cc1c[nH]c2ccccc12)C(=O)NC(C)C(=O)O. The van der Waals surface area contributed by atoms with E-state index in [1.807, 2.05) is 31.2 Å². The average Bonchev–Trinajstić information content (AvgIpc) is 3.23. The molecule has 8 N–H and O–H groups in total. The third-order valence-electron chi connectivity index (χ3n) is 6.08. The quantitative estimate of drug-likeness (QED) is 0.219. The Balaban J connectivity index is 2.31. The summed E-state index contributed by atoms with van der Waals surface area (Å²) in [5, 5.41) is 27.3. The number of benzene rings is 1. The normalized spacial score (nSPS) is 16.4. The molecule has 1 aromatic heterocycles. The van der Waals surface area contributed by atoms with Crippen molar-refractivity contribution in [3.63, 3.8) is 0 Å². The molecule has 0 radical (unpaired) electrons. The lowest BCUT2D eigenvalue weighted by atomic mass is 9.96. The highest BCUT2D eigenvalue weighted by Gasteiger charge is 2.33. The van der Waals surface area contributed by atoms with Gasteiger partial charge in [0.25, 0.3) is 0 Å². The molecule has 1 aromatic carbocycles. The van der Waals surface area contributed by atoms with E-state index in [1.165, 1.54) is 13.8 Å². The van der Waals surface area contributed by atoms with Crippen LogP contribution in [0.1, 0.15) is 39.7 Å². The highest BCUT2D eigenvalue weighted by molar-refractivity contribution is 5.95. The van der Waals surface area contributed by atoms with Crippen molar-refractivity contribution >= 4 is 34.6 Å². The summed E-state index contributed by atoms with van der Waals surface area (Å²) in [5.41, 5.74) is 7.31. The van der Waals surface area contributed by atoms with Crippen molar-refractivity contribution in [3.05, 3.63) is 36.0 Å². The standard InChI is InChI=1S/C24H35N5O6/c1-5-12(2)20(29-22(32)19(25)14(4)30)23(33)28-18(21(31)27-13(3)24(34)35)10-15-11-26-17-9-7-6-8-16(15)17/h6-9,11-14,18-20,26,30H,5,10,25H2,1-4H3,(H,27,31)(H,28,33)(H,29,32)(H,34,35). The maximum Gasteiger partial charge on any atom is 0.325 e. The maximum atomic E-state index is 13.3. The van der Waals surface area contributed by atoms with Gasteiger partial charge in [0.15, 0.2) is 0 Å². The number of aromatic amines is 1. The number of carbonyl (C=O) groups excluding carboxylic acids is 3. The van der Waals surface area contributed by atoms with Crippen molar-refractivity contribution in [2.45, 2.75) is 70.8 Å². The Bertz CT molecular complexity index is 1050. The van der Waals surface area contributed by atoms with Crippen molar-refractivity contribution in [1.29, 1.82) is 0 Å². The highest BCUT2D eigenvalue weighted by Crippen LogP contribution is 2.19. The number of aliphatic carboxylic acids is 1. The number of nitrogens with two attached hydrogens (primary N) is 1. The molecule has 2 aromatic rings. The van der Waals surface area contributed by atoms with Gasteiger partial charge >= 0.3 is 5.97 Å². The number of fused-ring (bicyclic) bond motifs is 1. The topological polar surface area (TPSA) is 187 Å². The first kappa shape index (κ1) is 27.8. The Hall–Kier alpha value is -3.44. The lowest BCUT2D eigenvalue weighted by Crippen LogP contribution is -2.59. The number of amides is 3. The van der Waals surface area contributed by atoms with Crippen molar-refractivity contribution in [2.75, 3.05) is 0 Å². The van der Waals surface area contributed by atoms with Crippen LogP contribution in [0.3, 0.4) is 0 Å². The van der Waals surface area contributed by atoms with Crippen LogP contribution in [-0.2, 0) is 25.6 Å². The molecule has 0 saturated heterocycles. The second-order valence-corrected chi connectivity index (χ2v) is 8.83.